The van der Waals surface area contributed by atoms with Crippen LogP contribution in [0, 0.1) is 5.41 Å². The lowest BCUT2D eigenvalue weighted by atomic mass is 10.2. The number of aliphatic hydroxyl groups excluding tert-OH is 1. The number of hydrogen-bond acceptors (Lipinski definition) is 3. The highest BCUT2D eigenvalue weighted by Gasteiger charge is 2.08. The summed E-state index contributed by atoms with van der Waals surface area (Å²) in [5.74, 6) is -1.27. The summed E-state index contributed by atoms with van der Waals surface area (Å²) in [6, 6.07) is 0. The zero-order valence-electron chi connectivity index (χ0n) is 5.09. The largest absolute Gasteiger partial charge is 0.477 e. The van der Waals surface area contributed by atoms with Gasteiger partial charge in [0, 0.05) is 6.42 Å². The van der Waals surface area contributed by atoms with Gasteiger partial charge in [-0.25, -0.2) is 4.79 Å². The minimum absolute atomic E-state index is 0.0880. The minimum Gasteiger partial charge on any atom is -0.477 e. The van der Waals surface area contributed by atoms with Crippen LogP contribution in [-0.2, 0) is 4.79 Å². The SMILES string of the molecule is C[C@@H](O)CC(=N)C(=O)O. The molecular formula is C5H9NO3. The molecular weight excluding hydrogens is 122 g/mol. The van der Waals surface area contributed by atoms with E-state index in [-0.39, 0.29) is 6.42 Å². The number of aliphatic hydroxyl groups is 1. The van der Waals surface area contributed by atoms with Crippen LogP contribution in [-0.4, -0.2) is 28.0 Å². The Kier molecular flexibility index (Phi) is 2.87. The second-order valence-electron chi connectivity index (χ2n) is 1.84. The second kappa shape index (κ2) is 3.19. The molecule has 0 unspecified atom stereocenters. The van der Waals surface area contributed by atoms with E-state index in [0.29, 0.717) is 0 Å². The van der Waals surface area contributed by atoms with Crippen LogP contribution in [0.1, 0.15) is 13.3 Å². The van der Waals surface area contributed by atoms with E-state index in [4.69, 9.17) is 15.6 Å². The van der Waals surface area contributed by atoms with Gasteiger partial charge in [-0.3, -0.25) is 5.41 Å². The van der Waals surface area contributed by atoms with Crippen molar-refractivity contribution in [2.75, 3.05) is 0 Å². The number of aliphatic carboxylic acids is 1. The quantitative estimate of drug-likeness (QED) is 0.466. The lowest BCUT2D eigenvalue weighted by Gasteiger charge is -1.99. The summed E-state index contributed by atoms with van der Waals surface area (Å²) in [5, 5.41) is 23.4. The Bertz CT molecular complexity index is 130. The maximum absolute atomic E-state index is 9.90. The van der Waals surface area contributed by atoms with Gasteiger partial charge in [-0.05, 0) is 6.92 Å². The highest BCUT2D eigenvalue weighted by atomic mass is 16.4. The summed E-state index contributed by atoms with van der Waals surface area (Å²) >= 11 is 0. The predicted octanol–water partition coefficient (Wildman–Crippen LogP) is -0.138. The van der Waals surface area contributed by atoms with Gasteiger partial charge in [0.2, 0.25) is 0 Å². The highest BCUT2D eigenvalue weighted by molar-refractivity contribution is 6.34. The van der Waals surface area contributed by atoms with Gasteiger partial charge in [0.1, 0.15) is 5.71 Å². The Hall–Kier alpha value is -0.900. The van der Waals surface area contributed by atoms with Crippen molar-refractivity contribution in [3.05, 3.63) is 0 Å². The van der Waals surface area contributed by atoms with E-state index < -0.39 is 17.8 Å². The van der Waals surface area contributed by atoms with Crippen molar-refractivity contribution in [1.29, 1.82) is 5.41 Å². The predicted molar refractivity (Wildman–Crippen MR) is 31.7 cm³/mol. The average Bonchev–Trinajstić information content (AvgIpc) is 1.63. The molecule has 0 spiro atoms. The van der Waals surface area contributed by atoms with Crippen molar-refractivity contribution >= 4 is 11.7 Å². The molecule has 0 aliphatic rings. The van der Waals surface area contributed by atoms with Crippen molar-refractivity contribution in [2.24, 2.45) is 0 Å². The average molecular weight is 131 g/mol. The first-order valence-corrected chi connectivity index (χ1v) is 2.53. The molecule has 1 atom stereocenters. The Labute approximate surface area is 52.6 Å². The van der Waals surface area contributed by atoms with Crippen molar-refractivity contribution in [3.8, 4) is 0 Å². The molecule has 0 amide bonds. The van der Waals surface area contributed by atoms with Gasteiger partial charge in [-0.15, -0.1) is 0 Å². The maximum atomic E-state index is 9.90. The van der Waals surface area contributed by atoms with Crippen LogP contribution in [0.3, 0.4) is 0 Å². The molecule has 0 fully saturated rings. The highest BCUT2D eigenvalue weighted by Crippen LogP contribution is 1.90. The number of carbonyl (C=O) groups is 1. The Balaban J connectivity index is 3.65. The van der Waals surface area contributed by atoms with Crippen LogP contribution < -0.4 is 0 Å². The molecule has 0 saturated carbocycles. The molecule has 0 saturated heterocycles. The van der Waals surface area contributed by atoms with Gasteiger partial charge in [0.05, 0.1) is 6.10 Å². The van der Waals surface area contributed by atoms with E-state index in [9.17, 15) is 4.79 Å². The molecule has 0 aromatic rings. The Morgan fingerprint density at radius 3 is 2.33 bits per heavy atom. The number of rotatable bonds is 3. The zero-order chi connectivity index (χ0) is 7.44. The summed E-state index contributed by atoms with van der Waals surface area (Å²) < 4.78 is 0. The Morgan fingerprint density at radius 1 is 1.78 bits per heavy atom. The molecule has 0 heterocycles. The van der Waals surface area contributed by atoms with Crippen LogP contribution in [0.4, 0.5) is 0 Å². The van der Waals surface area contributed by atoms with Gasteiger partial charge in [0.15, 0.2) is 0 Å². The van der Waals surface area contributed by atoms with E-state index in [2.05, 4.69) is 0 Å². The molecule has 52 valence electrons. The standard InChI is InChI=1S/C5H9NO3/c1-3(7)2-4(6)5(8)9/h3,6-7H,2H2,1H3,(H,8,9)/t3-/m1/s1. The van der Waals surface area contributed by atoms with Crippen LogP contribution >= 0.6 is 0 Å². The fourth-order valence-electron chi connectivity index (χ4n) is 0.383. The first kappa shape index (κ1) is 8.10. The summed E-state index contributed by atoms with van der Waals surface area (Å²) in [6.45, 7) is 1.44. The van der Waals surface area contributed by atoms with Gasteiger partial charge in [0.25, 0.3) is 0 Å². The molecule has 0 aromatic heterocycles. The van der Waals surface area contributed by atoms with E-state index in [1.165, 1.54) is 6.92 Å². The van der Waals surface area contributed by atoms with Crippen molar-refractivity contribution in [1.82, 2.24) is 0 Å². The summed E-state index contributed by atoms with van der Waals surface area (Å²) in [7, 11) is 0. The van der Waals surface area contributed by atoms with Crippen molar-refractivity contribution in [3.63, 3.8) is 0 Å². The summed E-state index contributed by atoms with van der Waals surface area (Å²) in [5.41, 5.74) is -0.454. The molecule has 0 aromatic carbocycles. The normalized spacial score (nSPS) is 12.7. The minimum atomic E-state index is -1.27. The van der Waals surface area contributed by atoms with Gasteiger partial charge in [-0.1, -0.05) is 0 Å². The number of carboxylic acid groups (broad SMARTS) is 1. The van der Waals surface area contributed by atoms with Crippen LogP contribution in [0.5, 0.6) is 0 Å². The molecule has 0 bridgehead atoms. The molecule has 0 radical (unpaired) electrons. The van der Waals surface area contributed by atoms with E-state index in [1.54, 1.807) is 0 Å². The smallest absolute Gasteiger partial charge is 0.349 e. The zero-order valence-corrected chi connectivity index (χ0v) is 5.09. The lowest BCUT2D eigenvalue weighted by molar-refractivity contribution is -0.129. The molecule has 4 heteroatoms. The lowest BCUT2D eigenvalue weighted by Crippen LogP contribution is -2.17. The third-order valence-electron chi connectivity index (χ3n) is 0.758. The second-order valence-corrected chi connectivity index (χ2v) is 1.84. The van der Waals surface area contributed by atoms with Gasteiger partial charge in [-0.2, -0.15) is 0 Å². The van der Waals surface area contributed by atoms with Crippen LogP contribution in [0.2, 0.25) is 0 Å². The first-order valence-electron chi connectivity index (χ1n) is 2.53. The first-order chi connectivity index (χ1) is 4.04. The maximum Gasteiger partial charge on any atom is 0.349 e. The summed E-state index contributed by atoms with van der Waals surface area (Å²) in [6.07, 6.45) is -0.830. The topological polar surface area (TPSA) is 81.4 Å². The fourth-order valence-corrected chi connectivity index (χ4v) is 0.383. The number of hydrogen-bond donors (Lipinski definition) is 3. The molecule has 0 aliphatic heterocycles. The van der Waals surface area contributed by atoms with E-state index >= 15 is 0 Å². The van der Waals surface area contributed by atoms with Gasteiger partial charge >= 0.3 is 5.97 Å². The Morgan fingerprint density at radius 2 is 2.22 bits per heavy atom. The van der Waals surface area contributed by atoms with Crippen molar-refractivity contribution in [2.45, 2.75) is 19.4 Å². The van der Waals surface area contributed by atoms with Crippen LogP contribution in [0.15, 0.2) is 0 Å². The molecule has 0 rings (SSSR count). The molecule has 0 aliphatic carbocycles. The summed E-state index contributed by atoms with van der Waals surface area (Å²) in [4.78, 5) is 9.90. The third kappa shape index (κ3) is 3.66. The monoisotopic (exact) mass is 131 g/mol. The number of nitrogens with one attached hydrogen (secondary N) is 1. The number of carboxylic acids is 1. The molecule has 4 nitrogen and oxygen atoms in total. The van der Waals surface area contributed by atoms with Gasteiger partial charge < -0.3 is 10.2 Å². The molecule has 3 N–H and O–H groups in total. The van der Waals surface area contributed by atoms with Crippen LogP contribution in [0.25, 0.3) is 0 Å². The third-order valence-corrected chi connectivity index (χ3v) is 0.758. The van der Waals surface area contributed by atoms with E-state index in [0.717, 1.165) is 0 Å². The van der Waals surface area contributed by atoms with Crippen molar-refractivity contribution < 1.29 is 15.0 Å². The molecule has 9 heavy (non-hydrogen) atoms. The van der Waals surface area contributed by atoms with E-state index in [1.807, 2.05) is 0 Å². The fraction of sp³-hybridized carbons (Fsp3) is 0.600.